The van der Waals surface area contributed by atoms with Gasteiger partial charge in [0.2, 0.25) is 0 Å². The lowest BCUT2D eigenvalue weighted by Gasteiger charge is -2.66. The average Bonchev–Trinajstić information content (AvgIpc) is 3.18. The van der Waals surface area contributed by atoms with Crippen LogP contribution in [0.25, 0.3) is 0 Å². The molecular weight excluding hydrogens is 1000 g/mol. The number of hydrogen-bond donors (Lipinski definition) is 6. The van der Waals surface area contributed by atoms with Crippen LogP contribution in [0.1, 0.15) is 284 Å². The van der Waals surface area contributed by atoms with Crippen molar-refractivity contribution in [3.63, 3.8) is 0 Å². The maximum Gasteiger partial charge on any atom is 0.162 e. The summed E-state index contributed by atoms with van der Waals surface area (Å²) >= 11 is 0. The van der Waals surface area contributed by atoms with E-state index in [0.717, 1.165) is 12.8 Å². The second kappa shape index (κ2) is 20.8. The fourth-order valence-corrected chi connectivity index (χ4v) is 23.1. The van der Waals surface area contributed by atoms with Crippen LogP contribution < -0.4 is 31.9 Å². The third-order valence-electron chi connectivity index (χ3n) is 22.7. The van der Waals surface area contributed by atoms with Gasteiger partial charge in [-0.3, -0.25) is 0 Å². The van der Waals surface area contributed by atoms with Crippen LogP contribution in [0.15, 0.2) is 0 Å². The van der Waals surface area contributed by atoms with E-state index in [1.54, 1.807) is 0 Å². The first kappa shape index (κ1) is 66.6. The Morgan fingerprint density at radius 2 is 0.395 bits per heavy atom. The molecule has 0 bridgehead atoms. The summed E-state index contributed by atoms with van der Waals surface area (Å²) < 4.78 is 29.2. The molecular formula is C71H134N6O4. The highest BCUT2D eigenvalue weighted by Gasteiger charge is 2.65. The molecule has 8 aliphatic heterocycles. The average molecular weight is 1140 g/mol. The Morgan fingerprint density at radius 1 is 0.259 bits per heavy atom. The van der Waals surface area contributed by atoms with Gasteiger partial charge in [-0.2, -0.15) is 0 Å². The van der Waals surface area contributed by atoms with Gasteiger partial charge in [-0.05, 0) is 302 Å². The Hall–Kier alpha value is -0.400. The van der Waals surface area contributed by atoms with Crippen LogP contribution in [-0.2, 0) is 18.9 Å². The van der Waals surface area contributed by atoms with Crippen LogP contribution >= 0.6 is 0 Å². The number of hydrogen-bond acceptors (Lipinski definition) is 10. The molecule has 10 nitrogen and oxygen atoms in total. The fourth-order valence-electron chi connectivity index (χ4n) is 23.1. The molecule has 8 fully saturated rings. The van der Waals surface area contributed by atoms with Crippen molar-refractivity contribution in [3.05, 3.63) is 0 Å². The number of nitrogens with one attached hydrogen (secondary N) is 6. The van der Waals surface area contributed by atoms with Crippen LogP contribution in [0, 0.1) is 62.6 Å². The predicted molar refractivity (Wildman–Crippen MR) is 340 cm³/mol. The zero-order valence-corrected chi connectivity index (χ0v) is 58.5. The van der Waals surface area contributed by atoms with E-state index in [-0.39, 0.29) is 106 Å². The Bertz CT molecular complexity index is 1770. The molecule has 0 aromatic rings. The smallest absolute Gasteiger partial charge is 0.162 e. The standard InChI is InChI=1S/C71H134N6O4/c1-55(2,41-70(47-29-57(5,6)72-58(7,8)30-47,48-31-59(9,10)73-60(11,12)32-48)49-33-61(13,14)74-62(15,16)34-49)53-78-43-69(44-79-53)45-80-54(81-46-69)56(3,4)42-71(50-35-63(17,18)75-64(19,20)36-50,51-37-65(21,22)76-66(23,24)38-51)52-39-67(25,26)77-68(27,28)40-52/h47-54,72-77H,29-46H2,1-28H3. The van der Waals surface area contributed by atoms with Crippen LogP contribution in [0.3, 0.4) is 0 Å². The number of rotatable bonds is 12. The van der Waals surface area contributed by atoms with Crippen molar-refractivity contribution in [1.29, 1.82) is 0 Å². The molecule has 8 saturated heterocycles. The third-order valence-corrected chi connectivity index (χ3v) is 22.7. The summed E-state index contributed by atoms with van der Waals surface area (Å²) in [6.07, 6.45) is 15.5. The molecule has 0 aromatic carbocycles. The molecule has 8 rings (SSSR count). The minimum absolute atomic E-state index is 0.0143. The molecule has 0 saturated carbocycles. The van der Waals surface area contributed by atoms with E-state index < -0.39 is 0 Å². The van der Waals surface area contributed by atoms with Crippen LogP contribution in [-0.4, -0.2) is 105 Å². The van der Waals surface area contributed by atoms with E-state index in [1.807, 2.05) is 0 Å². The van der Waals surface area contributed by atoms with Gasteiger partial charge in [0.15, 0.2) is 12.6 Å². The summed E-state index contributed by atoms with van der Waals surface area (Å²) in [5.41, 5.74) is -0.672. The van der Waals surface area contributed by atoms with Crippen molar-refractivity contribution >= 4 is 0 Å². The maximum atomic E-state index is 7.31. The zero-order valence-electron chi connectivity index (χ0n) is 58.5. The Labute approximate surface area is 500 Å². The van der Waals surface area contributed by atoms with Crippen molar-refractivity contribution < 1.29 is 18.9 Å². The van der Waals surface area contributed by atoms with Gasteiger partial charge in [-0.15, -0.1) is 0 Å². The minimum Gasteiger partial charge on any atom is -0.351 e. The molecule has 0 unspecified atom stereocenters. The van der Waals surface area contributed by atoms with Gasteiger partial charge in [-0.1, -0.05) is 27.7 Å². The van der Waals surface area contributed by atoms with Crippen LogP contribution in [0.5, 0.6) is 0 Å². The molecule has 8 heterocycles. The molecule has 10 heteroatoms. The second-order valence-corrected chi connectivity index (χ2v) is 40.0. The Morgan fingerprint density at radius 3 is 0.531 bits per heavy atom. The molecule has 81 heavy (non-hydrogen) atoms. The van der Waals surface area contributed by atoms with E-state index in [0.29, 0.717) is 61.9 Å². The zero-order chi connectivity index (χ0) is 60.9. The SMILES string of the molecule is CC1(C)CC(C(CC(C)(C)C2OCC3(CO2)COC(C(C)(C)CC(C2CC(C)(C)NC(C)(C)C2)(C2CC(C)(C)NC(C)(C)C2)C2CC(C)(C)NC(C)(C)C2)OC3)(C2CC(C)(C)NC(C)(C)C2)C2CC(C)(C)NC(C)(C)C2)CC(C)(C)N1. The van der Waals surface area contributed by atoms with Gasteiger partial charge in [0.1, 0.15) is 0 Å². The summed E-state index contributed by atoms with van der Waals surface area (Å²) in [6, 6.07) is 0. The largest absolute Gasteiger partial charge is 0.351 e. The highest BCUT2D eigenvalue weighted by atomic mass is 16.7. The fraction of sp³-hybridized carbons (Fsp3) is 1.00. The lowest BCUT2D eigenvalue weighted by molar-refractivity contribution is -0.340. The van der Waals surface area contributed by atoms with Crippen LogP contribution in [0.4, 0.5) is 0 Å². The van der Waals surface area contributed by atoms with Gasteiger partial charge < -0.3 is 50.8 Å². The first-order valence-corrected chi connectivity index (χ1v) is 33.4. The summed E-state index contributed by atoms with van der Waals surface area (Å²) in [6.45, 7) is 71.9. The van der Waals surface area contributed by atoms with Crippen LogP contribution in [0.2, 0.25) is 0 Å². The van der Waals surface area contributed by atoms with Crippen molar-refractivity contribution in [2.45, 2.75) is 363 Å². The van der Waals surface area contributed by atoms with E-state index >= 15 is 0 Å². The van der Waals surface area contributed by atoms with Gasteiger partial charge in [-0.25, -0.2) is 0 Å². The Kier molecular flexibility index (Phi) is 17.1. The van der Waals surface area contributed by atoms with E-state index in [4.69, 9.17) is 18.9 Å². The van der Waals surface area contributed by atoms with Gasteiger partial charge >= 0.3 is 0 Å². The van der Waals surface area contributed by atoms with Crippen molar-refractivity contribution in [1.82, 2.24) is 31.9 Å². The monoisotopic (exact) mass is 1140 g/mol. The third kappa shape index (κ3) is 14.9. The second-order valence-electron chi connectivity index (χ2n) is 40.0. The van der Waals surface area contributed by atoms with Crippen molar-refractivity contribution in [2.24, 2.45) is 62.6 Å². The highest BCUT2D eigenvalue weighted by Crippen LogP contribution is 2.67. The van der Waals surface area contributed by atoms with Gasteiger partial charge in [0, 0.05) is 77.3 Å². The van der Waals surface area contributed by atoms with Crippen molar-refractivity contribution in [2.75, 3.05) is 26.4 Å². The molecule has 0 aromatic heterocycles. The van der Waals surface area contributed by atoms with E-state index in [9.17, 15) is 0 Å². The molecule has 0 amide bonds. The highest BCUT2D eigenvalue weighted by molar-refractivity contribution is 5.18. The lowest BCUT2D eigenvalue weighted by atomic mass is 9.44. The van der Waals surface area contributed by atoms with E-state index in [2.05, 4.69) is 226 Å². The van der Waals surface area contributed by atoms with Gasteiger partial charge in [0.05, 0.1) is 31.8 Å². The maximum absolute atomic E-state index is 7.31. The molecule has 472 valence electrons. The quantitative estimate of drug-likeness (QED) is 0.113. The topological polar surface area (TPSA) is 109 Å². The Balaban J connectivity index is 1.10. The number of piperidine rings is 6. The summed E-state index contributed by atoms with van der Waals surface area (Å²) in [5.74, 6) is 3.14. The first-order valence-electron chi connectivity index (χ1n) is 33.4. The molecule has 0 radical (unpaired) electrons. The summed E-state index contributed by atoms with van der Waals surface area (Å²) in [4.78, 5) is 0. The number of ether oxygens (including phenoxy) is 4. The van der Waals surface area contributed by atoms with Gasteiger partial charge in [0.25, 0.3) is 0 Å². The molecule has 8 aliphatic rings. The molecule has 0 atom stereocenters. The summed E-state index contributed by atoms with van der Waals surface area (Å²) in [5, 5.41) is 24.9. The predicted octanol–water partition coefficient (Wildman–Crippen LogP) is 14.9. The molecule has 1 spiro atoms. The first-order chi connectivity index (χ1) is 36.2. The summed E-state index contributed by atoms with van der Waals surface area (Å²) in [7, 11) is 0. The normalized spacial score (nSPS) is 34.7. The molecule has 0 aliphatic carbocycles. The minimum atomic E-state index is -0.363. The molecule has 6 N–H and O–H groups in total. The van der Waals surface area contributed by atoms with Crippen molar-refractivity contribution in [3.8, 4) is 0 Å². The lowest BCUT2D eigenvalue weighted by Crippen LogP contribution is -2.68. The van der Waals surface area contributed by atoms with E-state index in [1.165, 1.54) is 77.0 Å².